The molecule has 0 unspecified atom stereocenters. The molecule has 134 valence electrons. The number of aromatic nitrogens is 1. The highest BCUT2D eigenvalue weighted by Crippen LogP contribution is 2.23. The Hall–Kier alpha value is -3.08. The fraction of sp³-hybridized carbons (Fsp3) is 0.238. The van der Waals surface area contributed by atoms with E-state index in [9.17, 15) is 9.59 Å². The minimum absolute atomic E-state index is 0.385. The molecule has 0 saturated heterocycles. The SMILES string of the molecule is CCN(CC)c1ccc(NC(=O)C(=O)c2c[nH]c3ccccc23)c(C)c1. The number of nitrogens with zero attached hydrogens (tertiary/aromatic N) is 1. The summed E-state index contributed by atoms with van der Waals surface area (Å²) in [4.78, 5) is 30.3. The van der Waals surface area contributed by atoms with Gasteiger partial charge in [0.25, 0.3) is 11.7 Å². The first-order valence-corrected chi connectivity index (χ1v) is 8.82. The topological polar surface area (TPSA) is 65.2 Å². The molecule has 1 heterocycles. The second-order valence-electron chi connectivity index (χ2n) is 6.20. The summed E-state index contributed by atoms with van der Waals surface area (Å²) >= 11 is 0. The first-order valence-electron chi connectivity index (χ1n) is 8.82. The molecule has 2 aromatic carbocycles. The number of amides is 1. The normalized spacial score (nSPS) is 10.7. The molecule has 0 bridgehead atoms. The standard InChI is InChI=1S/C21H23N3O2/c1-4-24(5-2)15-10-11-18(14(3)12-15)23-21(26)20(25)17-13-22-19-9-7-6-8-16(17)19/h6-13,22H,4-5H2,1-3H3,(H,23,26). The predicted octanol–water partition coefficient (Wildman–Crippen LogP) is 4.14. The van der Waals surface area contributed by atoms with E-state index in [0.29, 0.717) is 11.3 Å². The van der Waals surface area contributed by atoms with E-state index in [1.807, 2.05) is 49.4 Å². The van der Waals surface area contributed by atoms with Crippen molar-refractivity contribution in [3.8, 4) is 0 Å². The first-order chi connectivity index (χ1) is 12.5. The molecule has 0 aliphatic rings. The third kappa shape index (κ3) is 3.33. The van der Waals surface area contributed by atoms with Crippen molar-refractivity contribution in [2.24, 2.45) is 0 Å². The number of hydrogen-bond donors (Lipinski definition) is 2. The lowest BCUT2D eigenvalue weighted by molar-refractivity contribution is -0.112. The van der Waals surface area contributed by atoms with Crippen LogP contribution in [-0.4, -0.2) is 29.8 Å². The zero-order valence-corrected chi connectivity index (χ0v) is 15.3. The van der Waals surface area contributed by atoms with Crippen LogP contribution in [0.4, 0.5) is 11.4 Å². The largest absolute Gasteiger partial charge is 0.372 e. The molecule has 3 rings (SSSR count). The van der Waals surface area contributed by atoms with Gasteiger partial charge >= 0.3 is 0 Å². The Morgan fingerprint density at radius 3 is 2.50 bits per heavy atom. The number of carbonyl (C=O) groups excluding carboxylic acids is 2. The summed E-state index contributed by atoms with van der Waals surface area (Å²) in [6.45, 7) is 7.98. The molecule has 0 atom stereocenters. The van der Waals surface area contributed by atoms with E-state index >= 15 is 0 Å². The van der Waals surface area contributed by atoms with Crippen LogP contribution < -0.4 is 10.2 Å². The minimum Gasteiger partial charge on any atom is -0.372 e. The number of hydrogen-bond acceptors (Lipinski definition) is 3. The highest BCUT2D eigenvalue weighted by Gasteiger charge is 2.20. The summed E-state index contributed by atoms with van der Waals surface area (Å²) < 4.78 is 0. The van der Waals surface area contributed by atoms with Crippen LogP contribution in [0.25, 0.3) is 10.9 Å². The van der Waals surface area contributed by atoms with Crippen LogP contribution in [0.3, 0.4) is 0 Å². The van der Waals surface area contributed by atoms with Gasteiger partial charge in [0.2, 0.25) is 0 Å². The van der Waals surface area contributed by atoms with Crippen LogP contribution in [0.15, 0.2) is 48.7 Å². The fourth-order valence-electron chi connectivity index (χ4n) is 3.13. The molecule has 1 aromatic heterocycles. The van der Waals surface area contributed by atoms with Crippen molar-refractivity contribution < 1.29 is 9.59 Å². The fourth-order valence-corrected chi connectivity index (χ4v) is 3.13. The van der Waals surface area contributed by atoms with Crippen LogP contribution in [0.2, 0.25) is 0 Å². The third-order valence-corrected chi connectivity index (χ3v) is 4.63. The number of carbonyl (C=O) groups is 2. The van der Waals surface area contributed by atoms with E-state index in [1.54, 1.807) is 6.20 Å². The van der Waals surface area contributed by atoms with Crippen molar-refractivity contribution >= 4 is 34.0 Å². The van der Waals surface area contributed by atoms with Gasteiger partial charge in [0.1, 0.15) is 0 Å². The molecule has 0 aliphatic carbocycles. The number of benzene rings is 2. The Balaban J connectivity index is 1.80. The van der Waals surface area contributed by atoms with Crippen molar-refractivity contribution in [1.82, 2.24) is 4.98 Å². The second kappa shape index (κ2) is 7.44. The maximum absolute atomic E-state index is 12.6. The van der Waals surface area contributed by atoms with Crippen LogP contribution in [-0.2, 0) is 4.79 Å². The molecule has 5 nitrogen and oxygen atoms in total. The van der Waals surface area contributed by atoms with Gasteiger partial charge in [-0.1, -0.05) is 18.2 Å². The zero-order chi connectivity index (χ0) is 18.7. The number of aromatic amines is 1. The number of fused-ring (bicyclic) bond motifs is 1. The number of nitrogens with one attached hydrogen (secondary N) is 2. The van der Waals surface area contributed by atoms with Gasteiger partial charge in [-0.3, -0.25) is 9.59 Å². The summed E-state index contributed by atoms with van der Waals surface area (Å²) in [5.41, 5.74) is 3.90. The lowest BCUT2D eigenvalue weighted by atomic mass is 10.1. The van der Waals surface area contributed by atoms with E-state index in [4.69, 9.17) is 0 Å². The lowest BCUT2D eigenvalue weighted by Gasteiger charge is -2.22. The number of rotatable bonds is 6. The number of para-hydroxylation sites is 1. The van der Waals surface area contributed by atoms with E-state index in [0.717, 1.165) is 35.2 Å². The Kier molecular flexibility index (Phi) is 5.07. The van der Waals surface area contributed by atoms with Crippen molar-refractivity contribution in [2.45, 2.75) is 20.8 Å². The Labute approximate surface area is 153 Å². The Morgan fingerprint density at radius 1 is 1.08 bits per heavy atom. The Bertz CT molecular complexity index is 955. The summed E-state index contributed by atoms with van der Waals surface area (Å²) in [6.07, 6.45) is 1.59. The van der Waals surface area contributed by atoms with Gasteiger partial charge in [0.15, 0.2) is 0 Å². The maximum Gasteiger partial charge on any atom is 0.296 e. The second-order valence-corrected chi connectivity index (χ2v) is 6.20. The number of aryl methyl sites for hydroxylation is 1. The quantitative estimate of drug-likeness (QED) is 0.519. The van der Waals surface area contributed by atoms with E-state index < -0.39 is 11.7 Å². The molecule has 1 amide bonds. The smallest absolute Gasteiger partial charge is 0.296 e. The van der Waals surface area contributed by atoms with Crippen LogP contribution >= 0.6 is 0 Å². The average molecular weight is 349 g/mol. The number of H-pyrrole nitrogens is 1. The van der Waals surface area contributed by atoms with Gasteiger partial charge in [-0.2, -0.15) is 0 Å². The molecule has 0 spiro atoms. The first kappa shape index (κ1) is 17.7. The predicted molar refractivity (Wildman–Crippen MR) is 106 cm³/mol. The molecule has 0 aliphatic heterocycles. The molecular weight excluding hydrogens is 326 g/mol. The van der Waals surface area contributed by atoms with Gasteiger partial charge in [0, 0.05) is 41.6 Å². The lowest BCUT2D eigenvalue weighted by Crippen LogP contribution is -2.24. The molecule has 0 saturated carbocycles. The summed E-state index contributed by atoms with van der Waals surface area (Å²) in [5, 5.41) is 3.50. The summed E-state index contributed by atoms with van der Waals surface area (Å²) in [5.74, 6) is -1.18. The van der Waals surface area contributed by atoms with Gasteiger partial charge < -0.3 is 15.2 Å². The van der Waals surface area contributed by atoms with E-state index in [2.05, 4.69) is 29.0 Å². The monoisotopic (exact) mass is 349 g/mol. The minimum atomic E-state index is -0.631. The van der Waals surface area contributed by atoms with Crippen LogP contribution in [0.1, 0.15) is 29.8 Å². The van der Waals surface area contributed by atoms with Gasteiger partial charge in [-0.15, -0.1) is 0 Å². The van der Waals surface area contributed by atoms with Crippen molar-refractivity contribution in [3.05, 3.63) is 59.8 Å². The average Bonchev–Trinajstić information content (AvgIpc) is 3.08. The number of Topliss-reactive ketones (excluding diaryl/α,β-unsaturated/α-hetero) is 1. The maximum atomic E-state index is 12.6. The van der Waals surface area contributed by atoms with Gasteiger partial charge in [-0.25, -0.2) is 0 Å². The molecule has 0 fully saturated rings. The molecule has 2 N–H and O–H groups in total. The van der Waals surface area contributed by atoms with Gasteiger partial charge in [0.05, 0.1) is 5.56 Å². The highest BCUT2D eigenvalue weighted by atomic mass is 16.2. The third-order valence-electron chi connectivity index (χ3n) is 4.63. The Morgan fingerprint density at radius 2 is 1.81 bits per heavy atom. The summed E-state index contributed by atoms with van der Waals surface area (Å²) in [6, 6.07) is 13.3. The van der Waals surface area contributed by atoms with Crippen molar-refractivity contribution in [1.29, 1.82) is 0 Å². The van der Waals surface area contributed by atoms with E-state index in [1.165, 1.54) is 0 Å². The van der Waals surface area contributed by atoms with Crippen LogP contribution in [0, 0.1) is 6.92 Å². The van der Waals surface area contributed by atoms with Gasteiger partial charge in [-0.05, 0) is 50.6 Å². The molecule has 0 radical (unpaired) electrons. The van der Waals surface area contributed by atoms with Crippen molar-refractivity contribution in [3.63, 3.8) is 0 Å². The highest BCUT2D eigenvalue weighted by molar-refractivity contribution is 6.48. The van der Waals surface area contributed by atoms with E-state index in [-0.39, 0.29) is 0 Å². The summed E-state index contributed by atoms with van der Waals surface area (Å²) in [7, 11) is 0. The van der Waals surface area contributed by atoms with Crippen molar-refractivity contribution in [2.75, 3.05) is 23.3 Å². The van der Waals surface area contributed by atoms with Crippen LogP contribution in [0.5, 0.6) is 0 Å². The zero-order valence-electron chi connectivity index (χ0n) is 15.3. The molecule has 5 heteroatoms. The number of ketones is 1. The molecular formula is C21H23N3O2. The number of anilines is 2. The molecule has 26 heavy (non-hydrogen) atoms. The molecule has 3 aromatic rings.